The fraction of sp³-hybridized carbons (Fsp3) is 0.533. The highest BCUT2D eigenvalue weighted by molar-refractivity contribution is 7.88. The first-order chi connectivity index (χ1) is 12.1. The monoisotopic (exact) mass is 383 g/mol. The molecule has 0 saturated carbocycles. The summed E-state index contributed by atoms with van der Waals surface area (Å²) < 4.78 is 31.8. The van der Waals surface area contributed by atoms with E-state index in [9.17, 15) is 23.3 Å². The topological polar surface area (TPSA) is 116 Å². The van der Waals surface area contributed by atoms with E-state index in [0.29, 0.717) is 31.9 Å². The molecule has 0 unspecified atom stereocenters. The molecule has 2 aromatic heterocycles. The molecule has 11 heteroatoms. The van der Waals surface area contributed by atoms with E-state index in [1.54, 1.807) is 6.07 Å². The highest BCUT2D eigenvalue weighted by Gasteiger charge is 2.29. The second-order valence-electron chi connectivity index (χ2n) is 6.77. The van der Waals surface area contributed by atoms with E-state index in [2.05, 4.69) is 4.90 Å². The zero-order valence-electron chi connectivity index (χ0n) is 14.9. The number of sulfonamides is 1. The van der Waals surface area contributed by atoms with Crippen LogP contribution in [0.3, 0.4) is 0 Å². The summed E-state index contributed by atoms with van der Waals surface area (Å²) in [6, 6.07) is 1.59. The molecule has 142 valence electrons. The van der Waals surface area contributed by atoms with Gasteiger partial charge in [-0.25, -0.2) is 8.42 Å². The number of aromatic nitrogens is 1. The lowest BCUT2D eigenvalue weighted by Crippen LogP contribution is -2.52. The quantitative estimate of drug-likeness (QED) is 0.603. The number of rotatable bonds is 4. The largest absolute Gasteiger partial charge is 0.493 e. The first-order valence-corrected chi connectivity index (χ1v) is 10.1. The summed E-state index contributed by atoms with van der Waals surface area (Å²) in [4.78, 5) is 14.3. The van der Waals surface area contributed by atoms with Crippen LogP contribution in [0.4, 0.5) is 0 Å². The minimum atomic E-state index is -3.22. The minimum Gasteiger partial charge on any atom is -0.460 e. The third-order valence-corrected chi connectivity index (χ3v) is 6.03. The molecule has 1 atom stereocenters. The number of piperazine rings is 1. The predicted molar refractivity (Wildman–Crippen MR) is 97.6 cm³/mol. The number of hydrogen-bond donors (Lipinski definition) is 2. The number of pyridine rings is 1. The van der Waals surface area contributed by atoms with Gasteiger partial charge < -0.3 is 19.0 Å². The first-order valence-electron chi connectivity index (χ1n) is 8.25. The molecule has 1 saturated heterocycles. The Bertz CT molecular complexity index is 983. The van der Waals surface area contributed by atoms with E-state index in [-0.39, 0.29) is 28.0 Å². The highest BCUT2D eigenvalue weighted by atomic mass is 32.2. The average Bonchev–Trinajstić information content (AvgIpc) is 2.95. The van der Waals surface area contributed by atoms with Crippen molar-refractivity contribution in [1.29, 1.82) is 0 Å². The lowest BCUT2D eigenvalue weighted by molar-refractivity contribution is 0.115. The van der Waals surface area contributed by atoms with Crippen molar-refractivity contribution < 1.29 is 22.9 Å². The van der Waals surface area contributed by atoms with Crippen LogP contribution in [-0.4, -0.2) is 71.3 Å². The fourth-order valence-electron chi connectivity index (χ4n) is 3.29. The molecule has 0 bridgehead atoms. The van der Waals surface area contributed by atoms with Gasteiger partial charge in [0.1, 0.15) is 11.3 Å². The van der Waals surface area contributed by atoms with Crippen LogP contribution in [0.5, 0.6) is 0 Å². The maximum Gasteiger partial charge on any atom is 0.493 e. The fourth-order valence-corrected chi connectivity index (χ4v) is 4.19. The Hall–Kier alpha value is -1.66. The summed E-state index contributed by atoms with van der Waals surface area (Å²) in [7, 11) is -3.43. The average molecular weight is 383 g/mol. The van der Waals surface area contributed by atoms with Crippen LogP contribution in [0.15, 0.2) is 21.5 Å². The molecule has 0 spiro atoms. The summed E-state index contributed by atoms with van der Waals surface area (Å²) in [5.41, 5.74) is 0.0122. The zero-order chi connectivity index (χ0) is 19.2. The smallest absolute Gasteiger partial charge is 0.460 e. The van der Waals surface area contributed by atoms with Crippen LogP contribution in [0.2, 0.25) is 0 Å². The van der Waals surface area contributed by atoms with Gasteiger partial charge in [-0.05, 0) is 13.0 Å². The van der Waals surface area contributed by atoms with Crippen molar-refractivity contribution in [1.82, 2.24) is 13.8 Å². The summed E-state index contributed by atoms with van der Waals surface area (Å²) in [5, 5.41) is 19.3. The Morgan fingerprint density at radius 1 is 1.35 bits per heavy atom. The molecule has 26 heavy (non-hydrogen) atoms. The third-order valence-electron chi connectivity index (χ3n) is 4.76. The van der Waals surface area contributed by atoms with Gasteiger partial charge in [0.25, 0.3) is 5.56 Å². The Balaban J connectivity index is 1.87. The van der Waals surface area contributed by atoms with E-state index < -0.39 is 17.1 Å². The highest BCUT2D eigenvalue weighted by Crippen LogP contribution is 2.20. The van der Waals surface area contributed by atoms with Crippen molar-refractivity contribution in [3.8, 4) is 0 Å². The second-order valence-corrected chi connectivity index (χ2v) is 8.75. The van der Waals surface area contributed by atoms with Crippen molar-refractivity contribution >= 4 is 33.6 Å². The Labute approximate surface area is 151 Å². The SMILES string of the molecule is C[C@@H]1CN(S(C)(=O)=O)CCN1Cc1cc2c(=O)n(C)cc(B(O)O)c2o1. The predicted octanol–water partition coefficient (Wildman–Crippen LogP) is -1.72. The van der Waals surface area contributed by atoms with Gasteiger partial charge >= 0.3 is 7.12 Å². The minimum absolute atomic E-state index is 0.0163. The maximum atomic E-state index is 12.3. The molecule has 1 fully saturated rings. The van der Waals surface area contributed by atoms with Gasteiger partial charge in [-0.1, -0.05) is 0 Å². The van der Waals surface area contributed by atoms with Crippen molar-refractivity contribution in [2.75, 3.05) is 25.9 Å². The molecule has 0 amide bonds. The number of hydrogen-bond acceptors (Lipinski definition) is 7. The van der Waals surface area contributed by atoms with E-state index in [0.717, 1.165) is 0 Å². The molecule has 3 rings (SSSR count). The standard InChI is InChI=1S/C15H22BN3O6S/c1-10-7-19(26(3,23)24)5-4-18(10)8-11-6-12-14(25-11)13(16(21)22)9-17(2)15(12)20/h6,9-10,21-22H,4-5,7-8H2,1-3H3/t10-/m1/s1. The summed E-state index contributed by atoms with van der Waals surface area (Å²) >= 11 is 0. The lowest BCUT2D eigenvalue weighted by atomic mass is 9.81. The van der Waals surface area contributed by atoms with Crippen LogP contribution in [-0.2, 0) is 23.6 Å². The maximum absolute atomic E-state index is 12.3. The number of furan rings is 1. The molecule has 2 N–H and O–H groups in total. The summed E-state index contributed by atoms with van der Waals surface area (Å²) in [6.45, 7) is 3.66. The summed E-state index contributed by atoms with van der Waals surface area (Å²) in [6.07, 6.45) is 2.54. The second kappa shape index (κ2) is 6.82. The van der Waals surface area contributed by atoms with Gasteiger partial charge in [-0.15, -0.1) is 0 Å². The van der Waals surface area contributed by atoms with E-state index in [4.69, 9.17) is 4.42 Å². The Morgan fingerprint density at radius 2 is 2.04 bits per heavy atom. The van der Waals surface area contributed by atoms with Crippen LogP contribution in [0, 0.1) is 0 Å². The van der Waals surface area contributed by atoms with Crippen LogP contribution in [0.25, 0.3) is 11.0 Å². The zero-order valence-corrected chi connectivity index (χ0v) is 15.7. The van der Waals surface area contributed by atoms with Gasteiger partial charge in [0.15, 0.2) is 0 Å². The molecule has 1 aliphatic heterocycles. The van der Waals surface area contributed by atoms with Gasteiger partial charge in [-0.2, -0.15) is 4.31 Å². The summed E-state index contributed by atoms with van der Waals surface area (Å²) in [5.74, 6) is 0.518. The van der Waals surface area contributed by atoms with Crippen LogP contribution in [0.1, 0.15) is 12.7 Å². The van der Waals surface area contributed by atoms with E-state index in [1.165, 1.54) is 28.4 Å². The molecular formula is C15H22BN3O6S. The van der Waals surface area contributed by atoms with Crippen LogP contribution >= 0.6 is 0 Å². The van der Waals surface area contributed by atoms with Gasteiger partial charge in [-0.3, -0.25) is 9.69 Å². The normalized spacial score (nSPS) is 20.0. The molecule has 2 aromatic rings. The van der Waals surface area contributed by atoms with Crippen molar-refractivity contribution in [3.05, 3.63) is 28.4 Å². The van der Waals surface area contributed by atoms with Gasteiger partial charge in [0.2, 0.25) is 10.0 Å². The molecular weight excluding hydrogens is 361 g/mol. The number of fused-ring (bicyclic) bond motifs is 1. The van der Waals surface area contributed by atoms with Crippen LogP contribution < -0.4 is 11.0 Å². The van der Waals surface area contributed by atoms with Crippen molar-refractivity contribution in [2.24, 2.45) is 7.05 Å². The van der Waals surface area contributed by atoms with E-state index >= 15 is 0 Å². The molecule has 1 aliphatic rings. The number of nitrogens with zero attached hydrogens (tertiary/aromatic N) is 3. The molecule has 3 heterocycles. The molecule has 0 aromatic carbocycles. The van der Waals surface area contributed by atoms with Gasteiger partial charge in [0.05, 0.1) is 18.2 Å². The Morgan fingerprint density at radius 3 is 2.62 bits per heavy atom. The molecule has 0 aliphatic carbocycles. The lowest BCUT2D eigenvalue weighted by Gasteiger charge is -2.38. The van der Waals surface area contributed by atoms with Crippen molar-refractivity contribution in [2.45, 2.75) is 19.5 Å². The third kappa shape index (κ3) is 3.58. The van der Waals surface area contributed by atoms with Crippen molar-refractivity contribution in [3.63, 3.8) is 0 Å². The number of aryl methyl sites for hydroxylation is 1. The van der Waals surface area contributed by atoms with Gasteiger partial charge in [0, 0.05) is 44.4 Å². The van der Waals surface area contributed by atoms with E-state index in [1.807, 2.05) is 6.92 Å². The molecule has 9 nitrogen and oxygen atoms in total. The first kappa shape index (κ1) is 19.1. The molecule has 0 radical (unpaired) electrons. The Kier molecular flexibility index (Phi) is 5.01.